The number of rotatable bonds is 19. The lowest BCUT2D eigenvalue weighted by Gasteiger charge is -2.10. The predicted octanol–water partition coefficient (Wildman–Crippen LogP) is 26.9. The number of alkyl halides is 3. The van der Waals surface area contributed by atoms with Gasteiger partial charge in [0.05, 0.1) is 66.6 Å². The lowest BCUT2D eigenvalue weighted by atomic mass is 10.2. The lowest BCUT2D eigenvalue weighted by molar-refractivity contribution is -0.137. The van der Waals surface area contributed by atoms with Gasteiger partial charge in [-0.05, 0) is 285 Å². The Morgan fingerprint density at radius 3 is 0.527 bits per heavy atom. The molecule has 0 unspecified atom stereocenters. The van der Waals surface area contributed by atoms with Gasteiger partial charge in [0.1, 0.15) is 40.7 Å². The molecule has 15 heteroatoms. The summed E-state index contributed by atoms with van der Waals surface area (Å²) in [4.78, 5) is 16.4. The number of ether oxygens (including phenoxy) is 1. The molecule has 15 aromatic rings. The van der Waals surface area contributed by atoms with Crippen LogP contribution in [0.2, 0.25) is 0 Å². The van der Waals surface area contributed by atoms with E-state index in [1.54, 1.807) is 72.8 Å². The van der Waals surface area contributed by atoms with Crippen molar-refractivity contribution in [2.45, 2.75) is 99.4 Å². The van der Waals surface area contributed by atoms with Crippen molar-refractivity contribution in [3.8, 4) is 5.75 Å². The maximum absolute atomic E-state index is 13.2. The van der Waals surface area contributed by atoms with Crippen LogP contribution in [0.25, 0.3) is 0 Å². The summed E-state index contributed by atoms with van der Waals surface area (Å²) >= 11 is 0. The fourth-order valence-corrected chi connectivity index (χ4v) is 21.5. The molecule has 550 valence electrons. The van der Waals surface area contributed by atoms with Crippen molar-refractivity contribution in [3.05, 3.63) is 447 Å². The Hall–Kier alpha value is -10.8. The summed E-state index contributed by atoms with van der Waals surface area (Å²) in [5.74, 6) is -0.694. The van der Waals surface area contributed by atoms with Gasteiger partial charge in [0.15, 0.2) is 73.4 Å². The van der Waals surface area contributed by atoms with E-state index in [4.69, 9.17) is 4.74 Å². The van der Waals surface area contributed by atoms with Crippen LogP contribution in [0.15, 0.2) is 480 Å². The molecule has 0 saturated carbocycles. The minimum absolute atomic E-state index is 0.0858. The number of unbranched alkanes of at least 4 members (excludes halogenated alkanes) is 1. The Bertz CT molecular complexity index is 4860. The Morgan fingerprint density at radius 2 is 0.364 bits per heavy atom. The molecular weight excluding hydrogens is 1490 g/mol. The third-order valence-electron chi connectivity index (χ3n) is 16.4. The Morgan fingerprint density at radius 1 is 0.209 bits per heavy atom. The summed E-state index contributed by atoms with van der Waals surface area (Å²) in [5.41, 5.74) is -0.620. The summed E-state index contributed by atoms with van der Waals surface area (Å²) in [5, 5.41) is 0. The molecule has 0 aliphatic heterocycles. The van der Waals surface area contributed by atoms with Crippen LogP contribution in [0, 0.1) is 34.9 Å². The molecule has 0 N–H and O–H groups in total. The van der Waals surface area contributed by atoms with Crippen LogP contribution in [0.5, 0.6) is 5.75 Å². The number of halogens is 9. The largest absolute Gasteiger partial charge is 0.494 e. The minimum Gasteiger partial charge on any atom is -0.494 e. The zero-order chi connectivity index (χ0) is 76.9. The fraction of sp³-hybridized carbons (Fsp3) is 0.0526. The second-order valence-corrected chi connectivity index (χ2v) is 34.3. The van der Waals surface area contributed by atoms with Crippen molar-refractivity contribution in [3.63, 3.8) is 0 Å². The highest BCUT2D eigenvalue weighted by atomic mass is 32.2. The second-order valence-electron chi connectivity index (χ2n) is 24.1. The van der Waals surface area contributed by atoms with Crippen LogP contribution in [0.4, 0.5) is 39.5 Å². The molecule has 0 aromatic heterocycles. The molecule has 0 radical (unpaired) electrons. The highest BCUT2D eigenvalue weighted by Gasteiger charge is 2.35. The van der Waals surface area contributed by atoms with Gasteiger partial charge < -0.3 is 4.74 Å². The maximum Gasteiger partial charge on any atom is 0.416 e. The zero-order valence-electron chi connectivity index (χ0n) is 59.7. The molecular formula is C95H76F9OS5+5. The summed E-state index contributed by atoms with van der Waals surface area (Å²) in [6.45, 7) is 2.97. The van der Waals surface area contributed by atoms with Crippen LogP contribution in [0.3, 0.4) is 0 Å². The number of hydrogen-bond acceptors (Lipinski definition) is 1. The molecule has 0 atom stereocenters. The second kappa shape index (κ2) is 41.1. The SMILES string of the molecule is CCCCOc1ccc([S+](c2ccccc2)c2ccccc2)cc1.FC(F)(F)c1ccc([S+](c2ccccc2)c2ccccc2)cc1.Fc1ccc([S+](c2ccc(F)cc2)c2ccc(F)cc2)cc1.Fc1ccc([S+](c2ccccc2)c2ccc(F)cc2)cc1.Fc1ccc([S+](c2ccccc2)c2ccccc2)cc1. The molecule has 0 aliphatic rings. The van der Waals surface area contributed by atoms with Gasteiger partial charge in [0.2, 0.25) is 0 Å². The molecule has 0 fully saturated rings. The predicted molar refractivity (Wildman–Crippen MR) is 433 cm³/mol. The van der Waals surface area contributed by atoms with E-state index in [9.17, 15) is 39.5 Å². The van der Waals surface area contributed by atoms with Crippen molar-refractivity contribution >= 4 is 54.5 Å². The first-order chi connectivity index (χ1) is 53.6. The van der Waals surface area contributed by atoms with E-state index >= 15 is 0 Å². The molecule has 15 rings (SSSR count). The van der Waals surface area contributed by atoms with E-state index in [2.05, 4.69) is 116 Å². The molecule has 0 bridgehead atoms. The summed E-state index contributed by atoms with van der Waals surface area (Å²) in [6, 6.07) is 124. The van der Waals surface area contributed by atoms with Crippen LogP contribution in [-0.4, -0.2) is 6.61 Å². The monoisotopic (exact) mass is 1560 g/mol. The van der Waals surface area contributed by atoms with Crippen molar-refractivity contribution in [2.24, 2.45) is 0 Å². The van der Waals surface area contributed by atoms with E-state index in [-0.39, 0.29) is 67.6 Å². The van der Waals surface area contributed by atoms with Crippen LogP contribution in [-0.2, 0) is 60.7 Å². The van der Waals surface area contributed by atoms with Gasteiger partial charge in [-0.1, -0.05) is 141 Å². The first-order valence-corrected chi connectivity index (χ1v) is 41.3. The van der Waals surface area contributed by atoms with Gasteiger partial charge in [0.25, 0.3) is 0 Å². The third-order valence-corrected chi connectivity index (χ3v) is 27.5. The average molecular weight is 1560 g/mol. The van der Waals surface area contributed by atoms with E-state index in [1.807, 2.05) is 140 Å². The van der Waals surface area contributed by atoms with Crippen molar-refractivity contribution < 1.29 is 44.3 Å². The molecule has 0 heterocycles. The van der Waals surface area contributed by atoms with Gasteiger partial charge in [-0.15, -0.1) is 0 Å². The zero-order valence-corrected chi connectivity index (χ0v) is 63.7. The van der Waals surface area contributed by atoms with Crippen LogP contribution >= 0.6 is 0 Å². The van der Waals surface area contributed by atoms with Crippen molar-refractivity contribution in [1.82, 2.24) is 0 Å². The van der Waals surface area contributed by atoms with Gasteiger partial charge in [-0.3, -0.25) is 0 Å². The Labute approximate surface area is 652 Å². The van der Waals surface area contributed by atoms with Crippen LogP contribution in [0.1, 0.15) is 25.3 Å². The topological polar surface area (TPSA) is 9.23 Å². The molecule has 0 amide bonds. The summed E-state index contributed by atoms with van der Waals surface area (Å²) in [6.07, 6.45) is -2.06. The van der Waals surface area contributed by atoms with E-state index in [0.29, 0.717) is 0 Å². The molecule has 0 saturated heterocycles. The number of benzene rings is 15. The summed E-state index contributed by atoms with van der Waals surface area (Å²) in [7, 11) is -1.60. The van der Waals surface area contributed by atoms with Gasteiger partial charge >= 0.3 is 6.18 Å². The molecule has 110 heavy (non-hydrogen) atoms. The molecule has 0 aliphatic carbocycles. The molecule has 1 nitrogen and oxygen atoms in total. The van der Waals surface area contributed by atoms with Crippen LogP contribution < -0.4 is 4.74 Å². The first kappa shape index (κ1) is 80.2. The highest BCUT2D eigenvalue weighted by molar-refractivity contribution is 7.98. The normalized spacial score (nSPS) is 11.0. The molecule has 0 spiro atoms. The number of hydrogen-bond donors (Lipinski definition) is 0. The minimum atomic E-state index is -4.31. The fourth-order valence-electron chi connectivity index (χ4n) is 11.1. The summed E-state index contributed by atoms with van der Waals surface area (Å²) < 4.78 is 123. The van der Waals surface area contributed by atoms with Gasteiger partial charge in [0, 0.05) is 0 Å². The smallest absolute Gasteiger partial charge is 0.416 e. The van der Waals surface area contributed by atoms with Gasteiger partial charge in [-0.25, -0.2) is 26.3 Å². The quantitative estimate of drug-likeness (QED) is 0.0445. The van der Waals surface area contributed by atoms with Gasteiger partial charge in [-0.2, -0.15) is 13.2 Å². The third kappa shape index (κ3) is 23.4. The first-order valence-electron chi connectivity index (χ1n) is 35.2. The standard InChI is InChI=1S/C22H23OS.C19H14F3S.C18H12F3S.C18H13F2S.C18H14FS/c1-2-3-18-23-19-14-16-22(17-15-19)24(20-10-6-4-7-11-20)21-12-8-5-9-13-21;20-19(21,22)15-11-13-18(14-12-15)23(16-7-3-1-4-8-16)17-9-5-2-6-10-17;19-13-1-7-16(8-2-13)22(17-9-3-14(20)4-10-17)18-11-5-15(21)6-12-18;19-14-6-10-17(11-7-14)21(16-4-2-1-3-5-16)18-12-8-15(20)9-13-18;19-15-11-13-18(14-12-15)20(16-7-3-1-4-8-16)17-9-5-2-6-10-17/h4-17H,2-3,18H2,1H3;1-14H;1-12H;1-13H;1-14H/q5*+1. The van der Waals surface area contributed by atoms with E-state index < -0.39 is 33.5 Å². The highest BCUT2D eigenvalue weighted by Crippen LogP contribution is 2.38. The Balaban J connectivity index is 0.000000137. The van der Waals surface area contributed by atoms with Crippen molar-refractivity contribution in [2.75, 3.05) is 6.61 Å². The lowest BCUT2D eigenvalue weighted by Crippen LogP contribution is -2.07. The average Bonchev–Trinajstić information content (AvgIpc) is 0.836. The Kier molecular flexibility index (Phi) is 30.0. The maximum atomic E-state index is 13.2. The van der Waals surface area contributed by atoms with E-state index in [1.165, 1.54) is 97.3 Å². The van der Waals surface area contributed by atoms with Crippen molar-refractivity contribution in [1.29, 1.82) is 0 Å². The van der Waals surface area contributed by atoms with E-state index in [0.717, 1.165) is 86.3 Å². The molecule has 15 aromatic carbocycles.